The van der Waals surface area contributed by atoms with Gasteiger partial charge in [-0.1, -0.05) is 133 Å². The molecule has 0 N–H and O–H groups in total. The van der Waals surface area contributed by atoms with E-state index in [4.69, 9.17) is 14.7 Å². The van der Waals surface area contributed by atoms with Gasteiger partial charge in [-0.2, -0.15) is 10.5 Å². The molecule has 83 heavy (non-hydrogen) atoms. The van der Waals surface area contributed by atoms with E-state index in [0.29, 0.717) is 22.6 Å². The van der Waals surface area contributed by atoms with Crippen LogP contribution in [0.1, 0.15) is 33.4 Å². The van der Waals surface area contributed by atoms with Crippen LogP contribution in [0.3, 0.4) is 0 Å². The average Bonchev–Trinajstić information content (AvgIpc) is 2.77. The highest BCUT2D eigenvalue weighted by atomic mass is 32.2. The number of anilines is 3. The van der Waals surface area contributed by atoms with E-state index >= 15 is 0 Å². The van der Waals surface area contributed by atoms with Gasteiger partial charge in [-0.25, -0.2) is 0 Å². The van der Waals surface area contributed by atoms with Crippen molar-refractivity contribution < 1.29 is 4.74 Å². The molecule has 0 saturated heterocycles. The van der Waals surface area contributed by atoms with E-state index < -0.39 is 5.41 Å². The summed E-state index contributed by atoms with van der Waals surface area (Å²) in [5.41, 5.74) is 17.0. The maximum atomic E-state index is 10.2. The first kappa shape index (κ1) is 45.7. The lowest BCUT2D eigenvalue weighted by atomic mass is 9.66. The summed E-state index contributed by atoms with van der Waals surface area (Å²) in [6, 6.07) is 85.9. The number of benzene rings is 10. The Morgan fingerprint density at radius 3 is 1.25 bits per heavy atom. The minimum atomic E-state index is -1.13. The highest BCUT2D eigenvalue weighted by Crippen LogP contribution is 2.66. The number of aromatic nitrogens is 5. The number of ether oxygens (including phenoxy) is 1. The Labute approximate surface area is 479 Å². The first-order valence-electron chi connectivity index (χ1n) is 27.6. The Hall–Kier alpha value is -11.2. The molecule has 0 radical (unpaired) electrons. The molecule has 0 bridgehead atoms. The van der Waals surface area contributed by atoms with Crippen molar-refractivity contribution in [3.63, 3.8) is 0 Å². The first-order chi connectivity index (χ1) is 41.1. The first-order valence-corrected chi connectivity index (χ1v) is 28.4. The average molecular weight is 1080 g/mol. The number of hydrogen-bond donors (Lipinski definition) is 0. The molecule has 3 aliphatic rings. The summed E-state index contributed by atoms with van der Waals surface area (Å²) >= 11 is 1.78. The standard InChI is InChI=1S/C73H40N8OS/c74-39-43-31-33-61-51(35-43)49-17-3-5-21-57(49)78(61)45-37-55-69(76-41-45)70-56(38-46(42-77-70)79-58-22-6-4-18-50(58)52-36-44(40-75)32-34-62(52)79)73(55)53-19-13-27-65(80-59-23-7-1-15-47(59)48-16-2-8-24-60(48)80)71(53)82-72-54(73)20-14-28-66(72)81-63-25-9-11-29-67(63)83-68-30-12-10-26-64(68)81/h1-38,41-42H. The van der Waals surface area contributed by atoms with Crippen molar-refractivity contribution in [1.29, 1.82) is 10.5 Å². The van der Waals surface area contributed by atoms with Crippen molar-refractivity contribution in [3.8, 4) is 52.1 Å². The summed E-state index contributed by atoms with van der Waals surface area (Å²) in [6.07, 6.45) is 3.96. The lowest BCUT2D eigenvalue weighted by Crippen LogP contribution is -2.33. The largest absolute Gasteiger partial charge is 0.452 e. The Kier molecular flexibility index (Phi) is 9.32. The number of rotatable bonds is 4. The summed E-state index contributed by atoms with van der Waals surface area (Å²) in [6.45, 7) is 0. The van der Waals surface area contributed by atoms with E-state index in [9.17, 15) is 10.5 Å². The SMILES string of the molecule is N#Cc1ccc2c(c1)c1ccccc1n2-c1cnc2c(c1)C1(c3cc(-n4c5ccccc5c5cc(C#N)ccc54)cnc3-2)c2cccc(N3c4ccccc4Sc4ccccc43)c2Oc2c(-n3c4ccccc4c4ccccc43)cccc21. The van der Waals surface area contributed by atoms with Crippen LogP contribution >= 0.6 is 11.8 Å². The molecule has 0 unspecified atom stereocenters. The zero-order valence-corrected chi connectivity index (χ0v) is 44.8. The third-order valence-corrected chi connectivity index (χ3v) is 18.5. The molecule has 18 rings (SSSR count). The number of nitriles is 2. The lowest BCUT2D eigenvalue weighted by Gasteiger charge is -2.42. The summed E-state index contributed by atoms with van der Waals surface area (Å²) < 4.78 is 14.9. The second-order valence-corrected chi connectivity index (χ2v) is 22.6. The van der Waals surface area contributed by atoms with Crippen molar-refractivity contribution in [2.45, 2.75) is 15.2 Å². The van der Waals surface area contributed by atoms with Crippen molar-refractivity contribution in [2.75, 3.05) is 4.90 Å². The Bertz CT molecular complexity index is 5200. The topological polar surface area (TPSA) is 101 Å². The highest BCUT2D eigenvalue weighted by Gasteiger charge is 2.54. The Morgan fingerprint density at radius 2 is 0.759 bits per heavy atom. The van der Waals surface area contributed by atoms with Gasteiger partial charge in [0.1, 0.15) is 0 Å². The van der Waals surface area contributed by atoms with Gasteiger partial charge in [0.25, 0.3) is 0 Å². The maximum Gasteiger partial charge on any atom is 0.156 e. The van der Waals surface area contributed by atoms with Crippen LogP contribution in [0.2, 0.25) is 0 Å². The second kappa shape index (κ2) is 16.9. The fourth-order valence-electron chi connectivity index (χ4n) is 14.1. The third-order valence-electron chi connectivity index (χ3n) is 17.4. The molecule has 0 amide bonds. The van der Waals surface area contributed by atoms with Gasteiger partial charge in [0.15, 0.2) is 11.5 Å². The summed E-state index contributed by atoms with van der Waals surface area (Å²) in [7, 11) is 0. The summed E-state index contributed by atoms with van der Waals surface area (Å²) in [4.78, 5) is 15.9. The molecular weight excluding hydrogens is 1040 g/mol. The second-order valence-electron chi connectivity index (χ2n) is 21.5. The van der Waals surface area contributed by atoms with Crippen molar-refractivity contribution in [1.82, 2.24) is 23.7 Å². The lowest BCUT2D eigenvalue weighted by molar-refractivity contribution is 0.435. The number of nitrogens with zero attached hydrogens (tertiary/aromatic N) is 8. The number of pyridine rings is 2. The molecule has 5 aromatic heterocycles. The van der Waals surface area contributed by atoms with Crippen LogP contribution in [-0.2, 0) is 5.41 Å². The third kappa shape index (κ3) is 6.09. The summed E-state index contributed by atoms with van der Waals surface area (Å²) in [5.74, 6) is 1.42. The van der Waals surface area contributed by atoms with Crippen LogP contribution in [0.4, 0.5) is 17.1 Å². The van der Waals surface area contributed by atoms with Crippen LogP contribution < -0.4 is 9.64 Å². The molecule has 384 valence electrons. The fraction of sp³-hybridized carbons (Fsp3) is 0.0137. The maximum absolute atomic E-state index is 10.2. The van der Waals surface area contributed by atoms with Gasteiger partial charge in [-0.3, -0.25) is 9.97 Å². The van der Waals surface area contributed by atoms with Crippen LogP contribution in [0, 0.1) is 22.7 Å². The van der Waals surface area contributed by atoms with Crippen molar-refractivity contribution >= 4 is 94.2 Å². The van der Waals surface area contributed by atoms with E-state index in [0.717, 1.165) is 143 Å². The van der Waals surface area contributed by atoms with E-state index in [1.165, 1.54) is 0 Å². The van der Waals surface area contributed by atoms with Gasteiger partial charge in [-0.05, 0) is 109 Å². The smallest absolute Gasteiger partial charge is 0.156 e. The van der Waals surface area contributed by atoms with Gasteiger partial charge in [-0.15, -0.1) is 0 Å². The Morgan fingerprint density at radius 1 is 0.361 bits per heavy atom. The molecule has 1 spiro atoms. The molecule has 0 fully saturated rings. The van der Waals surface area contributed by atoms with Crippen LogP contribution in [-0.4, -0.2) is 23.7 Å². The highest BCUT2D eigenvalue weighted by molar-refractivity contribution is 7.99. The number of para-hydroxylation sites is 8. The van der Waals surface area contributed by atoms with Gasteiger partial charge >= 0.3 is 0 Å². The zero-order valence-electron chi connectivity index (χ0n) is 44.0. The molecule has 10 heteroatoms. The molecule has 7 heterocycles. The van der Waals surface area contributed by atoms with Gasteiger partial charge in [0, 0.05) is 64.4 Å². The molecular formula is C73H40N8OS. The fourth-order valence-corrected chi connectivity index (χ4v) is 15.1. The quantitative estimate of drug-likeness (QED) is 0.173. The minimum absolute atomic E-state index is 0.598. The molecule has 0 atom stereocenters. The minimum Gasteiger partial charge on any atom is -0.452 e. The Balaban J connectivity index is 1.01. The molecule has 1 aliphatic carbocycles. The van der Waals surface area contributed by atoms with Crippen molar-refractivity contribution in [2.24, 2.45) is 0 Å². The van der Waals surface area contributed by atoms with E-state index in [2.05, 4.69) is 237 Å². The molecule has 15 aromatic rings. The van der Waals surface area contributed by atoms with Gasteiger partial charge in [0.05, 0.1) is 120 Å². The van der Waals surface area contributed by atoms with Crippen LogP contribution in [0.5, 0.6) is 11.5 Å². The monoisotopic (exact) mass is 1080 g/mol. The van der Waals surface area contributed by atoms with Crippen molar-refractivity contribution in [3.05, 3.63) is 276 Å². The van der Waals surface area contributed by atoms with Gasteiger partial charge in [0.2, 0.25) is 0 Å². The molecule has 9 nitrogen and oxygen atoms in total. The summed E-state index contributed by atoms with van der Waals surface area (Å²) in [5, 5.41) is 26.7. The predicted molar refractivity (Wildman–Crippen MR) is 331 cm³/mol. The molecule has 0 saturated carbocycles. The number of fused-ring (bicyclic) bond motifs is 20. The normalized spacial score (nSPS) is 13.4. The van der Waals surface area contributed by atoms with Gasteiger partial charge < -0.3 is 23.3 Å². The number of hydrogen-bond acceptors (Lipinski definition) is 7. The van der Waals surface area contributed by atoms with Crippen LogP contribution in [0.15, 0.2) is 253 Å². The van der Waals surface area contributed by atoms with E-state index in [1.807, 2.05) is 36.7 Å². The predicted octanol–water partition coefficient (Wildman–Crippen LogP) is 17.9. The van der Waals surface area contributed by atoms with E-state index in [-0.39, 0.29) is 0 Å². The van der Waals surface area contributed by atoms with Crippen LogP contribution in [0.25, 0.3) is 93.9 Å². The zero-order chi connectivity index (χ0) is 54.7. The molecule has 2 aliphatic heterocycles. The molecule has 10 aromatic carbocycles. The van der Waals surface area contributed by atoms with E-state index in [1.54, 1.807) is 11.8 Å².